The Morgan fingerprint density at radius 3 is 2.76 bits per heavy atom. The summed E-state index contributed by atoms with van der Waals surface area (Å²) in [7, 11) is -3.16. The SMILES string of the molecule is CCc1cc(=O)n2nc(Nc3cccc(CS(=O)(=O)C4CCCCC4)c3)sc2n1. The van der Waals surface area contributed by atoms with E-state index in [-0.39, 0.29) is 16.6 Å². The van der Waals surface area contributed by atoms with E-state index >= 15 is 0 Å². The van der Waals surface area contributed by atoms with Crippen LogP contribution < -0.4 is 10.9 Å². The minimum Gasteiger partial charge on any atom is -0.330 e. The van der Waals surface area contributed by atoms with Crippen LogP contribution in [0.25, 0.3) is 4.96 Å². The van der Waals surface area contributed by atoms with E-state index in [9.17, 15) is 13.2 Å². The molecule has 2 heterocycles. The molecule has 29 heavy (non-hydrogen) atoms. The van der Waals surface area contributed by atoms with Crippen LogP contribution in [0, 0.1) is 0 Å². The third kappa shape index (κ3) is 4.51. The molecule has 0 saturated heterocycles. The lowest BCUT2D eigenvalue weighted by molar-refractivity contribution is 0.483. The molecule has 1 N–H and O–H groups in total. The number of rotatable bonds is 6. The monoisotopic (exact) mass is 432 g/mol. The molecule has 2 aromatic heterocycles. The van der Waals surface area contributed by atoms with Gasteiger partial charge in [-0.05, 0) is 37.0 Å². The average Bonchev–Trinajstić information content (AvgIpc) is 3.11. The van der Waals surface area contributed by atoms with Gasteiger partial charge in [0.2, 0.25) is 10.1 Å². The smallest absolute Gasteiger partial charge is 0.275 e. The average molecular weight is 433 g/mol. The molecule has 154 valence electrons. The Morgan fingerprint density at radius 1 is 1.21 bits per heavy atom. The summed E-state index contributed by atoms with van der Waals surface area (Å²) in [4.78, 5) is 17.1. The van der Waals surface area contributed by atoms with Crippen molar-refractivity contribution in [3.63, 3.8) is 0 Å². The van der Waals surface area contributed by atoms with Crippen molar-refractivity contribution in [2.24, 2.45) is 0 Å². The van der Waals surface area contributed by atoms with Crippen molar-refractivity contribution in [2.75, 3.05) is 5.32 Å². The van der Waals surface area contributed by atoms with E-state index in [0.29, 0.717) is 16.5 Å². The summed E-state index contributed by atoms with van der Waals surface area (Å²) in [5, 5.41) is 7.79. The van der Waals surface area contributed by atoms with Gasteiger partial charge in [0.15, 0.2) is 9.84 Å². The molecule has 1 aliphatic carbocycles. The van der Waals surface area contributed by atoms with Crippen molar-refractivity contribution in [1.29, 1.82) is 0 Å². The highest BCUT2D eigenvalue weighted by atomic mass is 32.2. The van der Waals surface area contributed by atoms with Gasteiger partial charge in [-0.2, -0.15) is 4.52 Å². The number of sulfone groups is 1. The summed E-state index contributed by atoms with van der Waals surface area (Å²) in [5.41, 5.74) is 2.03. The molecule has 0 unspecified atom stereocenters. The molecule has 0 spiro atoms. The van der Waals surface area contributed by atoms with Gasteiger partial charge in [-0.15, -0.1) is 5.10 Å². The van der Waals surface area contributed by atoms with Crippen LogP contribution in [0.2, 0.25) is 0 Å². The minimum absolute atomic E-state index is 0.0495. The fourth-order valence-electron chi connectivity index (χ4n) is 3.72. The fourth-order valence-corrected chi connectivity index (χ4v) is 6.50. The first-order valence-corrected chi connectivity index (χ1v) is 12.4. The quantitative estimate of drug-likeness (QED) is 0.638. The number of fused-ring (bicyclic) bond motifs is 1. The molecule has 4 rings (SSSR count). The topological polar surface area (TPSA) is 93.4 Å². The van der Waals surface area contributed by atoms with Gasteiger partial charge >= 0.3 is 0 Å². The number of hydrogen-bond acceptors (Lipinski definition) is 7. The third-order valence-corrected chi connectivity index (χ3v) is 8.31. The lowest BCUT2D eigenvalue weighted by Gasteiger charge is -2.21. The summed E-state index contributed by atoms with van der Waals surface area (Å²) in [6.07, 6.45) is 5.35. The van der Waals surface area contributed by atoms with Gasteiger partial charge in [0.1, 0.15) is 0 Å². The Balaban J connectivity index is 1.54. The number of hydrogen-bond donors (Lipinski definition) is 1. The molecule has 1 aromatic carbocycles. The van der Waals surface area contributed by atoms with Crippen molar-refractivity contribution in [3.05, 3.63) is 51.9 Å². The highest BCUT2D eigenvalue weighted by Crippen LogP contribution is 2.27. The zero-order valence-corrected chi connectivity index (χ0v) is 17.9. The second-order valence-corrected chi connectivity index (χ2v) is 10.7. The summed E-state index contributed by atoms with van der Waals surface area (Å²) >= 11 is 1.29. The van der Waals surface area contributed by atoms with Crippen molar-refractivity contribution >= 4 is 37.0 Å². The van der Waals surface area contributed by atoms with Crippen molar-refractivity contribution < 1.29 is 8.42 Å². The number of aryl methyl sites for hydroxylation is 1. The second-order valence-electron chi connectivity index (χ2n) is 7.43. The van der Waals surface area contributed by atoms with Gasteiger partial charge in [0.25, 0.3) is 5.56 Å². The first-order chi connectivity index (χ1) is 13.9. The maximum absolute atomic E-state index is 12.8. The first-order valence-electron chi connectivity index (χ1n) is 9.92. The summed E-state index contributed by atoms with van der Waals surface area (Å²) in [5.74, 6) is 0.0495. The molecule has 0 amide bonds. The number of nitrogens with one attached hydrogen (secondary N) is 1. The third-order valence-electron chi connectivity index (χ3n) is 5.27. The molecule has 0 radical (unpaired) electrons. The predicted molar refractivity (Wildman–Crippen MR) is 116 cm³/mol. The van der Waals surface area contributed by atoms with E-state index in [0.717, 1.165) is 49.0 Å². The van der Waals surface area contributed by atoms with Crippen molar-refractivity contribution in [2.45, 2.75) is 56.5 Å². The zero-order chi connectivity index (χ0) is 20.4. The van der Waals surface area contributed by atoms with Crippen LogP contribution in [0.5, 0.6) is 0 Å². The maximum Gasteiger partial charge on any atom is 0.275 e. The van der Waals surface area contributed by atoms with Crippen LogP contribution in [0.15, 0.2) is 35.1 Å². The Kier molecular flexibility index (Phi) is 5.69. The molecule has 3 aromatic rings. The Hall–Kier alpha value is -2.26. The van der Waals surface area contributed by atoms with Crippen LogP contribution >= 0.6 is 11.3 Å². The summed E-state index contributed by atoms with van der Waals surface area (Å²) in [6.45, 7) is 1.95. The van der Waals surface area contributed by atoms with Gasteiger partial charge in [-0.25, -0.2) is 13.4 Å². The van der Waals surface area contributed by atoms with E-state index in [2.05, 4.69) is 15.4 Å². The molecular formula is C20H24N4O3S2. The van der Waals surface area contributed by atoms with Gasteiger partial charge in [0, 0.05) is 17.4 Å². The molecule has 0 aliphatic heterocycles. The standard InChI is InChI=1S/C20H24N4O3S2/c1-2-15-12-18(25)24-20(22-15)28-19(23-24)21-16-8-6-7-14(11-16)13-29(26,27)17-9-4-3-5-10-17/h6-8,11-12,17H,2-5,9-10,13H2,1H3,(H,21,23). The number of anilines is 2. The van der Waals surface area contributed by atoms with E-state index in [1.54, 1.807) is 0 Å². The lowest BCUT2D eigenvalue weighted by atomic mass is 10.0. The Morgan fingerprint density at radius 2 is 2.00 bits per heavy atom. The van der Waals surface area contributed by atoms with Crippen LogP contribution in [-0.2, 0) is 22.0 Å². The molecule has 7 nitrogen and oxygen atoms in total. The summed E-state index contributed by atoms with van der Waals surface area (Å²) < 4.78 is 26.8. The van der Waals surface area contributed by atoms with Crippen molar-refractivity contribution in [3.8, 4) is 0 Å². The highest BCUT2D eigenvalue weighted by molar-refractivity contribution is 7.91. The number of benzene rings is 1. The Bertz CT molecular complexity index is 1180. The largest absolute Gasteiger partial charge is 0.330 e. The second kappa shape index (κ2) is 8.23. The molecule has 1 saturated carbocycles. The van der Waals surface area contributed by atoms with Gasteiger partial charge in [-0.1, -0.05) is 49.7 Å². The van der Waals surface area contributed by atoms with Crippen LogP contribution in [0.1, 0.15) is 50.3 Å². The first kappa shape index (κ1) is 20.0. The molecule has 1 aliphatic rings. The molecular weight excluding hydrogens is 408 g/mol. The zero-order valence-electron chi connectivity index (χ0n) is 16.3. The van der Waals surface area contributed by atoms with Gasteiger partial charge < -0.3 is 5.32 Å². The number of aromatic nitrogens is 3. The molecule has 1 fully saturated rings. The minimum atomic E-state index is -3.16. The van der Waals surface area contributed by atoms with Crippen LogP contribution in [0.4, 0.5) is 10.8 Å². The van der Waals surface area contributed by atoms with E-state index in [1.165, 1.54) is 21.9 Å². The normalized spacial score (nSPS) is 15.6. The number of nitrogens with zero attached hydrogens (tertiary/aromatic N) is 3. The van der Waals surface area contributed by atoms with Crippen molar-refractivity contribution in [1.82, 2.24) is 14.6 Å². The fraction of sp³-hybridized carbons (Fsp3) is 0.450. The molecule has 9 heteroatoms. The highest BCUT2D eigenvalue weighted by Gasteiger charge is 2.27. The predicted octanol–water partition coefficient (Wildman–Crippen LogP) is 3.70. The maximum atomic E-state index is 12.8. The van der Waals surface area contributed by atoms with Gasteiger partial charge in [-0.3, -0.25) is 4.79 Å². The van der Waals surface area contributed by atoms with E-state index in [4.69, 9.17) is 0 Å². The molecule has 0 bridgehead atoms. The van der Waals surface area contributed by atoms with Crippen LogP contribution in [-0.4, -0.2) is 28.3 Å². The van der Waals surface area contributed by atoms with Gasteiger partial charge in [0.05, 0.1) is 11.0 Å². The van der Waals surface area contributed by atoms with Crippen LogP contribution in [0.3, 0.4) is 0 Å². The Labute approximate surface area is 173 Å². The summed E-state index contributed by atoms with van der Waals surface area (Å²) in [6, 6.07) is 8.86. The lowest BCUT2D eigenvalue weighted by Crippen LogP contribution is -2.25. The van der Waals surface area contributed by atoms with E-state index < -0.39 is 9.84 Å². The van der Waals surface area contributed by atoms with E-state index in [1.807, 2.05) is 31.2 Å². The molecule has 0 atom stereocenters.